The van der Waals surface area contributed by atoms with Crippen molar-refractivity contribution in [1.82, 2.24) is 0 Å². The van der Waals surface area contributed by atoms with Crippen LogP contribution >= 0.6 is 11.3 Å². The second kappa shape index (κ2) is 7.49. The van der Waals surface area contributed by atoms with Crippen LogP contribution in [-0.4, -0.2) is 11.8 Å². The van der Waals surface area contributed by atoms with E-state index in [9.17, 15) is 9.59 Å². The van der Waals surface area contributed by atoms with Crippen molar-refractivity contribution in [3.63, 3.8) is 0 Å². The Hall–Kier alpha value is -2.66. The molecule has 128 valence electrons. The highest BCUT2D eigenvalue weighted by atomic mass is 32.1. The summed E-state index contributed by atoms with van der Waals surface area (Å²) in [4.78, 5) is 25.3. The number of nitrogens with one attached hydrogen (secondary N) is 2. The van der Waals surface area contributed by atoms with Gasteiger partial charge in [0, 0.05) is 16.9 Å². The highest BCUT2D eigenvalue weighted by Gasteiger charge is 2.15. The van der Waals surface area contributed by atoms with Crippen molar-refractivity contribution in [3.05, 3.63) is 70.0 Å². The number of benzene rings is 1. The summed E-state index contributed by atoms with van der Waals surface area (Å²) >= 11 is 1.39. The first-order valence-electron chi connectivity index (χ1n) is 8.17. The van der Waals surface area contributed by atoms with Gasteiger partial charge in [-0.25, -0.2) is 0 Å². The standard InChI is InChI=1S/C20H20N2O2S/c1-13-5-3-6-15(11-13)19(23)22-17-12-16(9-8-14(17)2)21-20(24)18-7-4-10-25-18/h3-10,12-13H,11H2,1-2H3,(H,21,24)(H,22,23). The lowest BCUT2D eigenvalue weighted by atomic mass is 9.95. The molecule has 25 heavy (non-hydrogen) atoms. The molecule has 1 heterocycles. The Morgan fingerprint density at radius 1 is 1.16 bits per heavy atom. The first-order chi connectivity index (χ1) is 12.0. The fourth-order valence-electron chi connectivity index (χ4n) is 2.65. The Bertz CT molecular complexity index is 851. The minimum absolute atomic E-state index is 0.0963. The Labute approximate surface area is 151 Å². The lowest BCUT2D eigenvalue weighted by Crippen LogP contribution is -2.18. The van der Waals surface area contributed by atoms with Gasteiger partial charge in [-0.3, -0.25) is 9.59 Å². The summed E-state index contributed by atoms with van der Waals surface area (Å²) in [5, 5.41) is 7.69. The zero-order chi connectivity index (χ0) is 17.8. The van der Waals surface area contributed by atoms with Crippen LogP contribution in [0.5, 0.6) is 0 Å². The quantitative estimate of drug-likeness (QED) is 0.833. The van der Waals surface area contributed by atoms with Gasteiger partial charge in [0.2, 0.25) is 0 Å². The molecule has 0 aliphatic heterocycles. The van der Waals surface area contributed by atoms with Gasteiger partial charge in [-0.2, -0.15) is 0 Å². The monoisotopic (exact) mass is 352 g/mol. The molecule has 0 saturated carbocycles. The minimum Gasteiger partial charge on any atom is -0.322 e. The molecule has 1 aromatic heterocycles. The number of allylic oxidation sites excluding steroid dienone is 3. The third-order valence-electron chi connectivity index (χ3n) is 4.06. The predicted octanol–water partition coefficient (Wildman–Crippen LogP) is 4.77. The molecule has 5 heteroatoms. The van der Waals surface area contributed by atoms with Crippen molar-refractivity contribution in [3.8, 4) is 0 Å². The minimum atomic E-state index is -0.148. The number of anilines is 2. The molecule has 1 aliphatic rings. The maximum absolute atomic E-state index is 12.5. The van der Waals surface area contributed by atoms with Gasteiger partial charge in [-0.05, 0) is 48.4 Å². The van der Waals surface area contributed by atoms with Crippen LogP contribution in [0.2, 0.25) is 0 Å². The Morgan fingerprint density at radius 3 is 2.72 bits per heavy atom. The van der Waals surface area contributed by atoms with Gasteiger partial charge >= 0.3 is 0 Å². The van der Waals surface area contributed by atoms with Gasteiger partial charge < -0.3 is 10.6 Å². The topological polar surface area (TPSA) is 58.2 Å². The molecule has 1 aliphatic carbocycles. The number of aryl methyl sites for hydroxylation is 1. The van der Waals surface area contributed by atoms with Gasteiger partial charge in [-0.1, -0.05) is 37.3 Å². The number of thiophene rings is 1. The second-order valence-corrected chi connectivity index (χ2v) is 7.12. The molecule has 0 fully saturated rings. The average molecular weight is 352 g/mol. The van der Waals surface area contributed by atoms with Crippen LogP contribution in [0.1, 0.15) is 28.6 Å². The van der Waals surface area contributed by atoms with Crippen LogP contribution < -0.4 is 10.6 Å². The van der Waals surface area contributed by atoms with E-state index in [1.54, 1.807) is 12.1 Å². The van der Waals surface area contributed by atoms with Crippen molar-refractivity contribution in [2.75, 3.05) is 10.6 Å². The lowest BCUT2D eigenvalue weighted by molar-refractivity contribution is -0.113. The highest BCUT2D eigenvalue weighted by Crippen LogP contribution is 2.24. The molecule has 0 saturated heterocycles. The van der Waals surface area contributed by atoms with Gasteiger partial charge in [0.25, 0.3) is 11.8 Å². The van der Waals surface area contributed by atoms with E-state index in [4.69, 9.17) is 0 Å². The molecule has 0 spiro atoms. The third-order valence-corrected chi connectivity index (χ3v) is 4.93. The normalized spacial score (nSPS) is 16.2. The van der Waals surface area contributed by atoms with E-state index >= 15 is 0 Å². The van der Waals surface area contributed by atoms with Crippen molar-refractivity contribution in [2.45, 2.75) is 20.3 Å². The summed E-state index contributed by atoms with van der Waals surface area (Å²) < 4.78 is 0. The van der Waals surface area contributed by atoms with Crippen molar-refractivity contribution in [1.29, 1.82) is 0 Å². The molecule has 2 N–H and O–H groups in total. The van der Waals surface area contributed by atoms with E-state index in [-0.39, 0.29) is 11.8 Å². The Kier molecular flexibility index (Phi) is 5.14. The molecular weight excluding hydrogens is 332 g/mol. The highest BCUT2D eigenvalue weighted by molar-refractivity contribution is 7.12. The van der Waals surface area contributed by atoms with Crippen LogP contribution in [0, 0.1) is 12.8 Å². The zero-order valence-electron chi connectivity index (χ0n) is 14.2. The van der Waals surface area contributed by atoms with E-state index in [1.165, 1.54) is 11.3 Å². The summed E-state index contributed by atoms with van der Waals surface area (Å²) in [6.07, 6.45) is 6.60. The summed E-state index contributed by atoms with van der Waals surface area (Å²) in [6, 6.07) is 9.13. The van der Waals surface area contributed by atoms with Gasteiger partial charge in [0.15, 0.2) is 0 Å². The summed E-state index contributed by atoms with van der Waals surface area (Å²) in [5.41, 5.74) is 3.08. The van der Waals surface area contributed by atoms with Crippen LogP contribution in [0.15, 0.2) is 59.5 Å². The first-order valence-corrected chi connectivity index (χ1v) is 9.05. The molecule has 0 bridgehead atoms. The number of hydrogen-bond acceptors (Lipinski definition) is 3. The molecule has 1 unspecified atom stereocenters. The number of carbonyl (C=O) groups is 2. The number of hydrogen-bond donors (Lipinski definition) is 2. The lowest BCUT2D eigenvalue weighted by Gasteiger charge is -2.16. The summed E-state index contributed by atoms with van der Waals surface area (Å²) in [7, 11) is 0. The zero-order valence-corrected chi connectivity index (χ0v) is 15.0. The first kappa shape index (κ1) is 17.2. The number of rotatable bonds is 4. The Balaban J connectivity index is 1.73. The van der Waals surface area contributed by atoms with Crippen LogP contribution in [-0.2, 0) is 4.79 Å². The van der Waals surface area contributed by atoms with Gasteiger partial charge in [-0.15, -0.1) is 11.3 Å². The molecule has 1 atom stereocenters. The molecule has 2 amide bonds. The average Bonchev–Trinajstić information content (AvgIpc) is 3.12. The number of carbonyl (C=O) groups excluding carboxylic acids is 2. The molecule has 1 aromatic carbocycles. The van der Waals surface area contributed by atoms with Crippen LogP contribution in [0.25, 0.3) is 0 Å². The van der Waals surface area contributed by atoms with Crippen LogP contribution in [0.3, 0.4) is 0 Å². The SMILES string of the molecule is Cc1ccc(NC(=O)c2cccs2)cc1NC(=O)C1=CC=CC(C)C1. The van der Waals surface area contributed by atoms with Crippen LogP contribution in [0.4, 0.5) is 11.4 Å². The number of amides is 2. The molecule has 3 rings (SSSR count). The van der Waals surface area contributed by atoms with Crippen molar-refractivity contribution in [2.24, 2.45) is 5.92 Å². The van der Waals surface area contributed by atoms with E-state index in [1.807, 2.05) is 42.7 Å². The molecule has 4 nitrogen and oxygen atoms in total. The molecule has 0 radical (unpaired) electrons. The van der Waals surface area contributed by atoms with Gasteiger partial charge in [0.1, 0.15) is 0 Å². The maximum atomic E-state index is 12.5. The summed E-state index contributed by atoms with van der Waals surface area (Å²) in [5.74, 6) is 0.120. The van der Waals surface area contributed by atoms with E-state index in [0.29, 0.717) is 22.2 Å². The molecular formula is C20H20N2O2S. The van der Waals surface area contributed by atoms with E-state index in [2.05, 4.69) is 23.6 Å². The van der Waals surface area contributed by atoms with E-state index in [0.717, 1.165) is 17.6 Å². The Morgan fingerprint density at radius 2 is 2.00 bits per heavy atom. The van der Waals surface area contributed by atoms with E-state index < -0.39 is 0 Å². The van der Waals surface area contributed by atoms with Crippen molar-refractivity contribution < 1.29 is 9.59 Å². The maximum Gasteiger partial charge on any atom is 0.265 e. The smallest absolute Gasteiger partial charge is 0.265 e. The fourth-order valence-corrected chi connectivity index (χ4v) is 3.27. The fraction of sp³-hybridized carbons (Fsp3) is 0.200. The second-order valence-electron chi connectivity index (χ2n) is 6.17. The largest absolute Gasteiger partial charge is 0.322 e. The third kappa shape index (κ3) is 4.25. The summed E-state index contributed by atoms with van der Waals surface area (Å²) in [6.45, 7) is 4.01. The van der Waals surface area contributed by atoms with Gasteiger partial charge in [0.05, 0.1) is 4.88 Å². The molecule has 2 aromatic rings. The van der Waals surface area contributed by atoms with Crippen molar-refractivity contribution >= 4 is 34.5 Å². The predicted molar refractivity (Wildman–Crippen MR) is 103 cm³/mol.